The highest BCUT2D eigenvalue weighted by molar-refractivity contribution is 5.32. The highest BCUT2D eigenvalue weighted by Crippen LogP contribution is 2.69. The molecule has 8 aliphatic rings. The van der Waals surface area contributed by atoms with Gasteiger partial charge in [-0.25, -0.2) is 0 Å². The van der Waals surface area contributed by atoms with Crippen LogP contribution < -0.4 is 0 Å². The van der Waals surface area contributed by atoms with E-state index in [-0.39, 0.29) is 48.2 Å². The van der Waals surface area contributed by atoms with Crippen LogP contribution in [0.25, 0.3) is 0 Å². The number of aliphatic hydroxyl groups is 12. The van der Waals surface area contributed by atoms with E-state index in [2.05, 4.69) is 26.5 Å². The third-order valence-electron chi connectivity index (χ3n) is 16.6. The molecule has 3 saturated carbocycles. The molecule has 64 heavy (non-hydrogen) atoms. The minimum Gasteiger partial charge on any atom is -0.494 e. The van der Waals surface area contributed by atoms with Gasteiger partial charge in [-0.15, -0.1) is 0 Å². The van der Waals surface area contributed by atoms with Gasteiger partial charge in [-0.1, -0.05) is 37.6 Å². The summed E-state index contributed by atoms with van der Waals surface area (Å²) in [4.78, 5) is 0. The van der Waals surface area contributed by atoms with Crippen molar-refractivity contribution in [1.29, 1.82) is 0 Å². The van der Waals surface area contributed by atoms with E-state index in [1.165, 1.54) is 6.92 Å². The van der Waals surface area contributed by atoms with Crippen LogP contribution in [-0.2, 0) is 33.2 Å². The first kappa shape index (κ1) is 48.7. The molecular formula is C45H70O19. The molecule has 4 aliphatic heterocycles. The zero-order valence-corrected chi connectivity index (χ0v) is 36.9. The van der Waals surface area contributed by atoms with E-state index < -0.39 is 129 Å². The molecular weight excluding hydrogens is 844 g/mol. The van der Waals surface area contributed by atoms with Crippen molar-refractivity contribution in [2.45, 2.75) is 189 Å². The number of fused-ring (bicyclic) bond motifs is 7. The minimum atomic E-state index is -1.71. The van der Waals surface area contributed by atoms with Gasteiger partial charge in [0.15, 0.2) is 18.9 Å². The van der Waals surface area contributed by atoms with Crippen molar-refractivity contribution in [3.8, 4) is 0 Å². The molecule has 0 bridgehead atoms. The van der Waals surface area contributed by atoms with Gasteiger partial charge >= 0.3 is 0 Å². The molecule has 0 aromatic carbocycles. The SMILES string of the molecule is C=C(CCC1=C(C)[C@H]2C(C[C@H]3[C@@H]4CC=C5C[C@@H](O[C@@H]6O[C@H](CO)[C@@H](O)[C@H](O)[C@H]6O[C@@H]6O[C@@H](C)[C@H](O)[C@@H](O)[C@H]6O)C[C@@H](O)[C@]5(C)[C@H]4[C@H](O)C[C@]23C)O1)CO[C@@H]1O[C@H](CO)[C@@H](O)[C@H](O)[C@H]1O. The Bertz CT molecular complexity index is 1740. The fraction of sp³-hybridized carbons (Fsp3) is 0.867. The number of hydrogen-bond donors (Lipinski definition) is 12. The van der Waals surface area contributed by atoms with Gasteiger partial charge in [-0.2, -0.15) is 0 Å². The molecule has 0 spiro atoms. The van der Waals surface area contributed by atoms with E-state index in [9.17, 15) is 61.3 Å². The van der Waals surface area contributed by atoms with Crippen molar-refractivity contribution in [2.75, 3.05) is 19.8 Å². The first-order valence-corrected chi connectivity index (χ1v) is 22.9. The number of ether oxygens (including phenoxy) is 7. The van der Waals surface area contributed by atoms with Crippen molar-refractivity contribution >= 4 is 0 Å². The standard InChI is InChI=1S/C45H70O19/c1-17(16-58-41-38(56)36(54)33(51)27(14-46)62-41)6-9-25-18(2)30-26(61-25)12-23-22-8-7-20-10-21(11-29(49)45(20,5)31(22)24(48)13-44(23,30)4)60-43-40(37(55)34(52)28(15-47)63-43)64-42-39(57)35(53)32(50)19(3)59-42/h7,19,21-24,26-43,46-57H,1,6,8-16H2,2-5H3/t19-,21+,22-,23-,24+,26?,27+,28+,29+,30-,31+,32-,33+,34+,35+,36-,37-,38+,39+,40+,41+,42-,43+,44-,45+/m0/s1. The third-order valence-corrected chi connectivity index (χ3v) is 16.6. The lowest BCUT2D eigenvalue weighted by molar-refractivity contribution is -0.370. The van der Waals surface area contributed by atoms with Gasteiger partial charge in [0.05, 0.1) is 50.0 Å². The third kappa shape index (κ3) is 8.25. The maximum Gasteiger partial charge on any atom is 0.187 e. The smallest absolute Gasteiger partial charge is 0.187 e. The summed E-state index contributed by atoms with van der Waals surface area (Å²) in [7, 11) is 0. The van der Waals surface area contributed by atoms with Crippen LogP contribution in [0, 0.1) is 34.5 Å². The molecule has 25 atom stereocenters. The van der Waals surface area contributed by atoms with Crippen molar-refractivity contribution in [2.24, 2.45) is 34.5 Å². The number of aliphatic hydroxyl groups excluding tert-OH is 12. The van der Waals surface area contributed by atoms with Gasteiger partial charge in [0.2, 0.25) is 0 Å². The molecule has 19 nitrogen and oxygen atoms in total. The lowest BCUT2D eigenvalue weighted by Gasteiger charge is -2.61. The Hall–Kier alpha value is -1.70. The summed E-state index contributed by atoms with van der Waals surface area (Å²) in [5.74, 6) is 0.943. The Morgan fingerprint density at radius 2 is 1.42 bits per heavy atom. The summed E-state index contributed by atoms with van der Waals surface area (Å²) >= 11 is 0. The lowest BCUT2D eigenvalue weighted by atomic mass is 9.45. The van der Waals surface area contributed by atoms with Crippen LogP contribution in [0.5, 0.6) is 0 Å². The van der Waals surface area contributed by atoms with Crippen molar-refractivity contribution in [3.05, 3.63) is 35.1 Å². The van der Waals surface area contributed by atoms with Crippen molar-refractivity contribution in [3.63, 3.8) is 0 Å². The number of allylic oxidation sites excluding steroid dienone is 2. The summed E-state index contributed by atoms with van der Waals surface area (Å²) in [6, 6.07) is 0. The lowest BCUT2D eigenvalue weighted by Crippen LogP contribution is -2.65. The average Bonchev–Trinajstić information content (AvgIpc) is 3.74. The van der Waals surface area contributed by atoms with Crippen LogP contribution in [0.1, 0.15) is 72.6 Å². The van der Waals surface area contributed by atoms with E-state index >= 15 is 0 Å². The quantitative estimate of drug-likeness (QED) is 0.0941. The van der Waals surface area contributed by atoms with Crippen LogP contribution in [0.2, 0.25) is 0 Å². The highest BCUT2D eigenvalue weighted by Gasteiger charge is 2.67. The van der Waals surface area contributed by atoms with Crippen molar-refractivity contribution in [1.82, 2.24) is 0 Å². The Morgan fingerprint density at radius 3 is 2.11 bits per heavy atom. The van der Waals surface area contributed by atoms with E-state index in [1.54, 1.807) is 0 Å². The van der Waals surface area contributed by atoms with Crippen LogP contribution in [0.3, 0.4) is 0 Å². The Kier molecular flexibility index (Phi) is 14.2. The van der Waals surface area contributed by atoms with Crippen LogP contribution >= 0.6 is 0 Å². The average molecular weight is 915 g/mol. The first-order chi connectivity index (χ1) is 30.2. The first-order valence-electron chi connectivity index (χ1n) is 22.9. The Morgan fingerprint density at radius 1 is 0.781 bits per heavy atom. The molecule has 0 aromatic heterocycles. The molecule has 1 unspecified atom stereocenters. The fourth-order valence-corrected chi connectivity index (χ4v) is 13.0. The molecule has 6 fully saturated rings. The van der Waals surface area contributed by atoms with Crippen LogP contribution in [-0.4, -0.2) is 198 Å². The van der Waals surface area contributed by atoms with Gasteiger partial charge < -0.3 is 94.4 Å². The monoisotopic (exact) mass is 914 g/mol. The molecule has 4 aliphatic carbocycles. The topological polar surface area (TPSA) is 307 Å². The summed E-state index contributed by atoms with van der Waals surface area (Å²) in [5, 5.41) is 128. The van der Waals surface area contributed by atoms with Gasteiger partial charge in [0.1, 0.15) is 73.2 Å². The van der Waals surface area contributed by atoms with Gasteiger partial charge in [0.25, 0.3) is 0 Å². The second-order valence-corrected chi connectivity index (χ2v) is 20.3. The molecule has 0 amide bonds. The summed E-state index contributed by atoms with van der Waals surface area (Å²) in [6.45, 7) is 10.8. The summed E-state index contributed by atoms with van der Waals surface area (Å²) < 4.78 is 41.7. The molecule has 0 aromatic rings. The molecule has 8 rings (SSSR count). The second-order valence-electron chi connectivity index (χ2n) is 20.3. The van der Waals surface area contributed by atoms with Gasteiger partial charge in [0, 0.05) is 24.2 Å². The van der Waals surface area contributed by atoms with Gasteiger partial charge in [-0.05, 0) is 74.7 Å². The zero-order valence-electron chi connectivity index (χ0n) is 36.9. The Balaban J connectivity index is 0.923. The zero-order chi connectivity index (χ0) is 46.3. The van der Waals surface area contributed by atoms with Crippen LogP contribution in [0.15, 0.2) is 35.1 Å². The molecule has 0 radical (unpaired) electrons. The number of hydrogen-bond acceptors (Lipinski definition) is 19. The maximum atomic E-state index is 12.2. The second kappa shape index (κ2) is 18.7. The van der Waals surface area contributed by atoms with Crippen molar-refractivity contribution < 1.29 is 94.4 Å². The van der Waals surface area contributed by atoms with E-state index in [0.29, 0.717) is 37.7 Å². The maximum absolute atomic E-state index is 12.2. The van der Waals surface area contributed by atoms with Gasteiger partial charge in [-0.3, -0.25) is 0 Å². The predicted molar refractivity (Wildman–Crippen MR) is 219 cm³/mol. The highest BCUT2D eigenvalue weighted by atomic mass is 16.8. The molecule has 4 heterocycles. The summed E-state index contributed by atoms with van der Waals surface area (Å²) in [5.41, 5.74) is 1.69. The number of rotatable bonds is 12. The molecule has 364 valence electrons. The molecule has 12 N–H and O–H groups in total. The van der Waals surface area contributed by atoms with E-state index in [0.717, 1.165) is 23.3 Å². The van der Waals surface area contributed by atoms with E-state index in [1.807, 2.05) is 6.92 Å². The van der Waals surface area contributed by atoms with E-state index in [4.69, 9.17) is 33.2 Å². The summed E-state index contributed by atoms with van der Waals surface area (Å²) in [6.07, 6.45) is -18.3. The molecule has 19 heteroatoms. The largest absolute Gasteiger partial charge is 0.494 e. The molecule has 3 saturated heterocycles. The minimum absolute atomic E-state index is 0.0170. The normalized spacial score (nSPS) is 52.6. The Labute approximate surface area is 372 Å². The van der Waals surface area contributed by atoms with Crippen LogP contribution in [0.4, 0.5) is 0 Å². The predicted octanol–water partition coefficient (Wildman–Crippen LogP) is -2.02. The fourth-order valence-electron chi connectivity index (χ4n) is 13.0.